The minimum absolute atomic E-state index is 0.0615. The summed E-state index contributed by atoms with van der Waals surface area (Å²) in [4.78, 5) is 18.4. The maximum Gasteiger partial charge on any atom is 0.181 e. The van der Waals surface area contributed by atoms with Gasteiger partial charge >= 0.3 is 0 Å². The summed E-state index contributed by atoms with van der Waals surface area (Å²) in [7, 11) is 0. The first-order chi connectivity index (χ1) is 12.7. The van der Waals surface area contributed by atoms with Crippen molar-refractivity contribution in [2.45, 2.75) is 57.6 Å². The maximum absolute atomic E-state index is 6.01. The van der Waals surface area contributed by atoms with Gasteiger partial charge in [-0.05, 0) is 39.5 Å². The van der Waals surface area contributed by atoms with Gasteiger partial charge < -0.3 is 4.74 Å². The van der Waals surface area contributed by atoms with Gasteiger partial charge in [0.15, 0.2) is 5.65 Å². The summed E-state index contributed by atoms with van der Waals surface area (Å²) < 4.78 is 8.09. The van der Waals surface area contributed by atoms with Crippen molar-refractivity contribution in [1.82, 2.24) is 29.7 Å². The van der Waals surface area contributed by atoms with E-state index in [9.17, 15) is 0 Å². The van der Waals surface area contributed by atoms with Gasteiger partial charge in [-0.3, -0.25) is 4.68 Å². The van der Waals surface area contributed by atoms with Crippen molar-refractivity contribution >= 4 is 11.2 Å². The minimum atomic E-state index is 0.0615. The topological polar surface area (TPSA) is 78.6 Å². The van der Waals surface area contributed by atoms with Crippen LogP contribution in [0.3, 0.4) is 0 Å². The van der Waals surface area contributed by atoms with Crippen LogP contribution in [-0.4, -0.2) is 36.3 Å². The van der Waals surface area contributed by atoms with Crippen LogP contribution in [-0.2, 0) is 4.74 Å². The molecule has 2 atom stereocenters. The number of rotatable bonds is 3. The monoisotopic (exact) mass is 350 g/mol. The van der Waals surface area contributed by atoms with E-state index in [1.54, 1.807) is 6.20 Å². The molecule has 0 N–H and O–H groups in total. The second-order valence-electron chi connectivity index (χ2n) is 7.40. The first-order valence-electron chi connectivity index (χ1n) is 9.31. The summed E-state index contributed by atoms with van der Waals surface area (Å²) in [5.41, 5.74) is 4.44. The smallest absolute Gasteiger partial charge is 0.181 e. The Morgan fingerprint density at radius 3 is 2.73 bits per heavy atom. The van der Waals surface area contributed by atoms with E-state index in [1.165, 1.54) is 12.8 Å². The van der Waals surface area contributed by atoms with Gasteiger partial charge in [0.05, 0.1) is 35.9 Å². The summed E-state index contributed by atoms with van der Waals surface area (Å²) in [5, 5.41) is 4.50. The second-order valence-corrected chi connectivity index (χ2v) is 7.40. The Kier molecular flexibility index (Phi) is 3.70. The van der Waals surface area contributed by atoms with E-state index < -0.39 is 0 Å². The Hall–Kier alpha value is -2.41. The lowest BCUT2D eigenvalue weighted by Gasteiger charge is -2.28. The predicted octanol–water partition coefficient (Wildman–Crippen LogP) is 3.20. The third kappa shape index (κ3) is 2.86. The van der Waals surface area contributed by atoms with E-state index in [0.29, 0.717) is 18.3 Å². The van der Waals surface area contributed by atoms with E-state index in [4.69, 9.17) is 9.72 Å². The van der Waals surface area contributed by atoms with Gasteiger partial charge in [0.1, 0.15) is 11.3 Å². The molecule has 26 heavy (non-hydrogen) atoms. The molecule has 1 aliphatic carbocycles. The van der Waals surface area contributed by atoms with Crippen LogP contribution in [0.25, 0.3) is 11.2 Å². The molecule has 134 valence electrons. The molecular formula is C19H22N6O. The van der Waals surface area contributed by atoms with Gasteiger partial charge in [0.2, 0.25) is 0 Å². The summed E-state index contributed by atoms with van der Waals surface area (Å²) in [6.45, 7) is 4.63. The van der Waals surface area contributed by atoms with E-state index in [0.717, 1.165) is 41.1 Å². The number of aromatic nitrogens is 6. The van der Waals surface area contributed by atoms with Crippen molar-refractivity contribution in [2.24, 2.45) is 0 Å². The van der Waals surface area contributed by atoms with Crippen LogP contribution < -0.4 is 0 Å². The zero-order valence-corrected chi connectivity index (χ0v) is 15.1. The first kappa shape index (κ1) is 15.8. The Labute approximate surface area is 151 Å². The molecule has 3 aromatic heterocycles. The molecule has 2 aliphatic rings. The normalized spacial score (nSPS) is 23.5. The lowest BCUT2D eigenvalue weighted by atomic mass is 9.92. The van der Waals surface area contributed by atoms with Crippen molar-refractivity contribution in [3.63, 3.8) is 0 Å². The lowest BCUT2D eigenvalue weighted by molar-refractivity contribution is 0.00395. The van der Waals surface area contributed by atoms with E-state index in [2.05, 4.69) is 30.9 Å². The first-order valence-corrected chi connectivity index (χ1v) is 9.31. The summed E-state index contributed by atoms with van der Waals surface area (Å²) in [6.07, 6.45) is 10.2. The number of hydrogen-bond donors (Lipinski definition) is 0. The van der Waals surface area contributed by atoms with E-state index in [-0.39, 0.29) is 12.0 Å². The van der Waals surface area contributed by atoms with E-state index >= 15 is 0 Å². The fraction of sp³-hybridized carbons (Fsp3) is 0.526. The fourth-order valence-electron chi connectivity index (χ4n) is 3.56. The third-order valence-corrected chi connectivity index (χ3v) is 5.42. The number of nitrogens with zero attached hydrogens (tertiary/aromatic N) is 6. The standard InChI is InChI=1S/C19H22N6O/c1-11-12(2)23-19-16(22-11)9-20-18(24-19)13-5-6-26-17(7-13)14-8-21-25(10-14)15-3-4-15/h8-10,13,15,17H,3-7H2,1-2H3/t13-,17-/m1/s1. The predicted molar refractivity (Wildman–Crippen MR) is 95.8 cm³/mol. The van der Waals surface area contributed by atoms with Gasteiger partial charge in [0.25, 0.3) is 0 Å². The van der Waals surface area contributed by atoms with Crippen molar-refractivity contribution in [3.05, 3.63) is 41.4 Å². The lowest BCUT2D eigenvalue weighted by Crippen LogP contribution is -2.20. The zero-order chi connectivity index (χ0) is 17.7. The Morgan fingerprint density at radius 1 is 1.04 bits per heavy atom. The average Bonchev–Trinajstić information content (AvgIpc) is 3.39. The van der Waals surface area contributed by atoms with Crippen LogP contribution in [0.4, 0.5) is 0 Å². The molecular weight excluding hydrogens is 328 g/mol. The Morgan fingerprint density at radius 2 is 1.88 bits per heavy atom. The van der Waals surface area contributed by atoms with E-state index in [1.807, 2.05) is 20.0 Å². The molecule has 7 nitrogen and oxygen atoms in total. The summed E-state index contributed by atoms with van der Waals surface area (Å²) in [5.74, 6) is 1.11. The molecule has 1 aliphatic heterocycles. The van der Waals surface area contributed by atoms with Crippen LogP contribution in [0.15, 0.2) is 18.6 Å². The number of fused-ring (bicyclic) bond motifs is 1. The number of ether oxygens (including phenoxy) is 1. The quantitative estimate of drug-likeness (QED) is 0.722. The molecule has 2 fully saturated rings. The highest BCUT2D eigenvalue weighted by atomic mass is 16.5. The van der Waals surface area contributed by atoms with Gasteiger partial charge in [-0.25, -0.2) is 19.9 Å². The second kappa shape index (κ2) is 6.09. The van der Waals surface area contributed by atoms with Crippen molar-refractivity contribution < 1.29 is 4.74 Å². The molecule has 1 saturated heterocycles. The van der Waals surface area contributed by atoms with Crippen molar-refractivity contribution in [2.75, 3.05) is 6.61 Å². The summed E-state index contributed by atoms with van der Waals surface area (Å²) >= 11 is 0. The molecule has 7 heteroatoms. The van der Waals surface area contributed by atoms with Gasteiger partial charge in [0, 0.05) is 24.3 Å². The average molecular weight is 350 g/mol. The number of hydrogen-bond acceptors (Lipinski definition) is 6. The molecule has 0 radical (unpaired) electrons. The van der Waals surface area contributed by atoms with Crippen LogP contribution in [0, 0.1) is 13.8 Å². The SMILES string of the molecule is Cc1nc2cnc([C@@H]3CCO[C@@H](c4cnn(C5CC5)c4)C3)nc2nc1C. The van der Waals surface area contributed by atoms with Crippen molar-refractivity contribution in [3.8, 4) is 0 Å². The Bertz CT molecular complexity index is 964. The fourth-order valence-corrected chi connectivity index (χ4v) is 3.56. The molecule has 1 saturated carbocycles. The third-order valence-electron chi connectivity index (χ3n) is 5.42. The molecule has 5 rings (SSSR count). The van der Waals surface area contributed by atoms with Gasteiger partial charge in [-0.1, -0.05) is 0 Å². The number of aryl methyl sites for hydroxylation is 2. The maximum atomic E-state index is 6.01. The van der Waals surface area contributed by atoms with Crippen LogP contribution in [0.2, 0.25) is 0 Å². The molecule has 0 aromatic carbocycles. The highest BCUT2D eigenvalue weighted by Crippen LogP contribution is 2.38. The molecule has 4 heterocycles. The van der Waals surface area contributed by atoms with Crippen LogP contribution in [0.1, 0.15) is 66.5 Å². The van der Waals surface area contributed by atoms with Gasteiger partial charge in [-0.15, -0.1) is 0 Å². The highest BCUT2D eigenvalue weighted by molar-refractivity contribution is 5.68. The largest absolute Gasteiger partial charge is 0.373 e. The molecule has 0 amide bonds. The summed E-state index contributed by atoms with van der Waals surface area (Å²) in [6, 6.07) is 0.595. The highest BCUT2D eigenvalue weighted by Gasteiger charge is 2.30. The van der Waals surface area contributed by atoms with Crippen LogP contribution in [0.5, 0.6) is 0 Å². The van der Waals surface area contributed by atoms with Crippen LogP contribution >= 0.6 is 0 Å². The van der Waals surface area contributed by atoms with Gasteiger partial charge in [-0.2, -0.15) is 5.10 Å². The zero-order valence-electron chi connectivity index (χ0n) is 15.1. The minimum Gasteiger partial charge on any atom is -0.373 e. The Balaban J connectivity index is 1.40. The molecule has 0 spiro atoms. The molecule has 0 bridgehead atoms. The molecule has 3 aromatic rings. The molecule has 0 unspecified atom stereocenters. The van der Waals surface area contributed by atoms with Crippen molar-refractivity contribution in [1.29, 1.82) is 0 Å².